The average Bonchev–Trinajstić information content (AvgIpc) is 2.59. The number of rotatable bonds is 2. The predicted molar refractivity (Wildman–Crippen MR) is 66.9 cm³/mol. The summed E-state index contributed by atoms with van der Waals surface area (Å²) in [6, 6.07) is 5.36. The Kier molecular flexibility index (Phi) is 3.36. The molecule has 0 amide bonds. The minimum absolute atomic E-state index is 0.459. The van der Waals surface area contributed by atoms with Crippen LogP contribution in [0.3, 0.4) is 0 Å². The molecule has 1 heterocycles. The summed E-state index contributed by atoms with van der Waals surface area (Å²) in [4.78, 5) is 4.05. The third-order valence-electron chi connectivity index (χ3n) is 1.67. The summed E-state index contributed by atoms with van der Waals surface area (Å²) in [7, 11) is 0. The largest absolute Gasteiger partial charge is 0.330 e. The quantitative estimate of drug-likeness (QED) is 0.850. The number of nitrogens with zero attached hydrogens (tertiary/aromatic N) is 1. The van der Waals surface area contributed by atoms with E-state index in [-0.39, 0.29) is 0 Å². The van der Waals surface area contributed by atoms with Crippen LogP contribution in [-0.2, 0) is 0 Å². The first-order valence-electron chi connectivity index (χ1n) is 3.99. The minimum atomic E-state index is 0.459. The molecule has 1 aromatic heterocycles. The molecular weight excluding hydrogens is 275 g/mol. The van der Waals surface area contributed by atoms with Gasteiger partial charge in [-0.05, 0) is 12.1 Å². The first kappa shape index (κ1) is 11.0. The van der Waals surface area contributed by atoms with Crippen molar-refractivity contribution in [3.63, 3.8) is 0 Å². The molecule has 2 aromatic rings. The van der Waals surface area contributed by atoms with Gasteiger partial charge in [-0.2, -0.15) is 0 Å². The average molecular weight is 280 g/mol. The van der Waals surface area contributed by atoms with Crippen molar-refractivity contribution in [3.05, 3.63) is 38.8 Å². The molecule has 0 radical (unpaired) electrons. The van der Waals surface area contributed by atoms with Crippen LogP contribution >= 0.6 is 46.1 Å². The molecule has 0 aliphatic rings. The predicted octanol–water partition coefficient (Wildman–Crippen LogP) is 4.85. The Morgan fingerprint density at radius 3 is 2.67 bits per heavy atom. The fourth-order valence-corrected chi connectivity index (χ4v) is 2.22. The Labute approximate surface area is 106 Å². The van der Waals surface area contributed by atoms with E-state index in [0.717, 1.165) is 5.69 Å². The van der Waals surface area contributed by atoms with E-state index < -0.39 is 0 Å². The highest BCUT2D eigenvalue weighted by molar-refractivity contribution is 7.14. The van der Waals surface area contributed by atoms with Gasteiger partial charge in [-0.1, -0.05) is 40.9 Å². The number of thiazole rings is 1. The van der Waals surface area contributed by atoms with Crippen LogP contribution in [0, 0.1) is 0 Å². The molecule has 1 aromatic carbocycles. The van der Waals surface area contributed by atoms with Crippen molar-refractivity contribution in [2.24, 2.45) is 0 Å². The van der Waals surface area contributed by atoms with Crippen LogP contribution < -0.4 is 5.32 Å². The molecule has 0 spiro atoms. The maximum absolute atomic E-state index is 6.00. The molecule has 0 aliphatic heterocycles. The van der Waals surface area contributed by atoms with Gasteiger partial charge >= 0.3 is 0 Å². The molecule has 2 nitrogen and oxygen atoms in total. The van der Waals surface area contributed by atoms with Gasteiger partial charge in [0, 0.05) is 5.38 Å². The lowest BCUT2D eigenvalue weighted by Gasteiger charge is -2.05. The Balaban J connectivity index is 2.28. The molecule has 0 fully saturated rings. The lowest BCUT2D eigenvalue weighted by atomic mass is 10.3. The Morgan fingerprint density at radius 2 is 2.00 bits per heavy atom. The van der Waals surface area contributed by atoms with Crippen LogP contribution in [0.15, 0.2) is 23.6 Å². The van der Waals surface area contributed by atoms with E-state index in [1.807, 2.05) is 12.1 Å². The van der Waals surface area contributed by atoms with E-state index in [2.05, 4.69) is 10.3 Å². The molecule has 0 unspecified atom stereocenters. The van der Waals surface area contributed by atoms with Crippen molar-refractivity contribution in [2.45, 2.75) is 0 Å². The van der Waals surface area contributed by atoms with Crippen LogP contribution in [0.25, 0.3) is 0 Å². The molecule has 0 atom stereocenters. The van der Waals surface area contributed by atoms with Gasteiger partial charge < -0.3 is 5.32 Å². The van der Waals surface area contributed by atoms with E-state index in [1.54, 1.807) is 11.4 Å². The molecule has 6 heteroatoms. The maximum atomic E-state index is 6.00. The molecule has 0 saturated carbocycles. The Bertz CT molecular complexity index is 484. The number of nitrogens with one attached hydrogen (secondary N) is 1. The summed E-state index contributed by atoms with van der Waals surface area (Å²) >= 11 is 19.0. The van der Waals surface area contributed by atoms with Crippen molar-refractivity contribution in [2.75, 3.05) is 5.32 Å². The maximum Gasteiger partial charge on any atom is 0.188 e. The summed E-state index contributed by atoms with van der Waals surface area (Å²) in [5.74, 6) is 0. The van der Waals surface area contributed by atoms with E-state index in [1.165, 1.54) is 11.3 Å². The number of hydrogen-bond donors (Lipinski definition) is 1. The first-order valence-corrected chi connectivity index (χ1v) is 6.00. The normalized spacial score (nSPS) is 10.3. The highest BCUT2D eigenvalue weighted by Crippen LogP contribution is 2.32. The fraction of sp³-hybridized carbons (Fsp3) is 0. The zero-order valence-corrected chi connectivity index (χ0v) is 10.4. The lowest BCUT2D eigenvalue weighted by molar-refractivity contribution is 1.39. The van der Waals surface area contributed by atoms with Crippen molar-refractivity contribution < 1.29 is 0 Å². The van der Waals surface area contributed by atoms with Gasteiger partial charge in [0.2, 0.25) is 0 Å². The van der Waals surface area contributed by atoms with E-state index in [9.17, 15) is 0 Å². The van der Waals surface area contributed by atoms with Gasteiger partial charge in [0.1, 0.15) is 5.15 Å². The second-order valence-corrected chi connectivity index (χ2v) is 4.73. The second kappa shape index (κ2) is 4.58. The van der Waals surface area contributed by atoms with Gasteiger partial charge in [0.15, 0.2) is 5.13 Å². The third kappa shape index (κ3) is 2.55. The van der Waals surface area contributed by atoms with Crippen molar-refractivity contribution >= 4 is 57.0 Å². The van der Waals surface area contributed by atoms with Gasteiger partial charge in [0.25, 0.3) is 0 Å². The molecule has 0 saturated heterocycles. The van der Waals surface area contributed by atoms with Gasteiger partial charge in [0.05, 0.1) is 15.7 Å². The minimum Gasteiger partial charge on any atom is -0.330 e. The highest BCUT2D eigenvalue weighted by atomic mass is 35.5. The monoisotopic (exact) mass is 278 g/mol. The number of aromatic nitrogens is 1. The molecule has 0 bridgehead atoms. The molecule has 78 valence electrons. The summed E-state index contributed by atoms with van der Waals surface area (Å²) in [6.45, 7) is 0. The zero-order chi connectivity index (χ0) is 10.8. The topological polar surface area (TPSA) is 24.9 Å². The molecule has 2 rings (SSSR count). The summed E-state index contributed by atoms with van der Waals surface area (Å²) < 4.78 is 0. The summed E-state index contributed by atoms with van der Waals surface area (Å²) in [5.41, 5.74) is 0.718. The van der Waals surface area contributed by atoms with Gasteiger partial charge in [-0.3, -0.25) is 0 Å². The lowest BCUT2D eigenvalue weighted by Crippen LogP contribution is -1.90. The number of benzene rings is 1. The smallest absolute Gasteiger partial charge is 0.188 e. The van der Waals surface area contributed by atoms with Crippen molar-refractivity contribution in [1.82, 2.24) is 4.98 Å². The highest BCUT2D eigenvalue weighted by Gasteiger charge is 2.06. The van der Waals surface area contributed by atoms with E-state index >= 15 is 0 Å². The van der Waals surface area contributed by atoms with E-state index in [4.69, 9.17) is 34.8 Å². The van der Waals surface area contributed by atoms with Crippen molar-refractivity contribution in [3.8, 4) is 0 Å². The molecule has 15 heavy (non-hydrogen) atoms. The van der Waals surface area contributed by atoms with Crippen LogP contribution in [0.5, 0.6) is 0 Å². The van der Waals surface area contributed by atoms with Crippen molar-refractivity contribution in [1.29, 1.82) is 0 Å². The number of hydrogen-bond acceptors (Lipinski definition) is 3. The van der Waals surface area contributed by atoms with Gasteiger partial charge in [-0.25, -0.2) is 4.98 Å². The summed E-state index contributed by atoms with van der Waals surface area (Å²) in [5, 5.41) is 6.90. The third-order valence-corrected chi connectivity index (χ3v) is 3.57. The fourth-order valence-electron chi connectivity index (χ4n) is 1.03. The molecule has 0 aliphatic carbocycles. The van der Waals surface area contributed by atoms with Crippen LogP contribution in [0.4, 0.5) is 10.8 Å². The van der Waals surface area contributed by atoms with E-state index in [0.29, 0.717) is 20.3 Å². The van der Waals surface area contributed by atoms with Crippen LogP contribution in [0.2, 0.25) is 15.2 Å². The molecule has 1 N–H and O–H groups in total. The molecular formula is C9H5Cl3N2S. The number of halogens is 3. The number of anilines is 2. The Morgan fingerprint density at radius 1 is 1.20 bits per heavy atom. The van der Waals surface area contributed by atoms with Crippen LogP contribution in [0.1, 0.15) is 0 Å². The standard InChI is InChI=1S/C9H5Cl3N2S/c10-5-2-1-3-6(8(5)12)13-9-14-7(11)4-15-9/h1-4H,(H,13,14). The first-order chi connectivity index (χ1) is 7.16. The summed E-state index contributed by atoms with van der Waals surface area (Å²) in [6.07, 6.45) is 0. The zero-order valence-electron chi connectivity index (χ0n) is 7.30. The Hall–Kier alpha value is -0.480. The SMILES string of the molecule is Clc1csc(Nc2cccc(Cl)c2Cl)n1. The second-order valence-electron chi connectivity index (χ2n) is 2.70. The van der Waals surface area contributed by atoms with Gasteiger partial charge in [-0.15, -0.1) is 11.3 Å². The van der Waals surface area contributed by atoms with Crippen LogP contribution in [-0.4, -0.2) is 4.98 Å².